The van der Waals surface area contributed by atoms with Gasteiger partial charge in [0, 0.05) is 28.2 Å². The second-order valence-corrected chi connectivity index (χ2v) is 16.7. The summed E-state index contributed by atoms with van der Waals surface area (Å²) in [6, 6.07) is 1.92. The van der Waals surface area contributed by atoms with Crippen LogP contribution in [0, 0.1) is 33.5 Å². The van der Waals surface area contributed by atoms with Gasteiger partial charge in [-0.05, 0) is 57.9 Å². The van der Waals surface area contributed by atoms with Gasteiger partial charge >= 0.3 is 11.9 Å². The number of aliphatic hydroxyl groups is 1. The standard InChI is InChI=1S/C37H50O9/c1-6-7-8-9-10-13-22-21(15-19-42-22)27-33(4)18-14-23-34(5,37(33)28(45-37)29(40)44-27)26(39)24(38)25-32(2,3)46-30-35(16-11-12-17-35)31(41)43-20-36(23,25)30/h15,19,23,25-28,30,39H,6-14,16-18,20H2,1-5H3. The molecule has 0 aromatic carbocycles. The third-order valence-corrected chi connectivity index (χ3v) is 14.3. The number of cyclic esters (lactones) is 2. The Balaban J connectivity index is 1.23. The second-order valence-electron chi connectivity index (χ2n) is 16.7. The number of rotatable bonds is 7. The van der Waals surface area contributed by atoms with Gasteiger partial charge in [0.1, 0.15) is 30.2 Å². The summed E-state index contributed by atoms with van der Waals surface area (Å²) >= 11 is 0. The number of carbonyl (C=O) groups excluding carboxylic acids is 3. The summed E-state index contributed by atoms with van der Waals surface area (Å²) in [6.07, 6.45) is 9.08. The van der Waals surface area contributed by atoms with Crippen molar-refractivity contribution in [2.75, 3.05) is 6.61 Å². The van der Waals surface area contributed by atoms with Gasteiger partial charge in [0.2, 0.25) is 0 Å². The third kappa shape index (κ3) is 3.45. The first-order chi connectivity index (χ1) is 21.9. The Morgan fingerprint density at radius 3 is 2.41 bits per heavy atom. The van der Waals surface area contributed by atoms with Gasteiger partial charge in [-0.2, -0.15) is 0 Å². The molecule has 3 aliphatic carbocycles. The highest BCUT2D eigenvalue weighted by Crippen LogP contribution is 2.81. The van der Waals surface area contributed by atoms with Gasteiger partial charge in [-0.1, -0.05) is 59.3 Å². The molecule has 9 heteroatoms. The Labute approximate surface area is 271 Å². The number of aliphatic hydroxyl groups excluding tert-OH is 1. The SMILES string of the molecule is CCCCCCCc1occc1C1OC(=O)C2OC23C1(C)CCC1C24COC(=O)C5(CCCC5)C2OC(C)(C)C4C(=O)C(O)C13C. The van der Waals surface area contributed by atoms with E-state index in [1.807, 2.05) is 26.8 Å². The van der Waals surface area contributed by atoms with Gasteiger partial charge in [-0.3, -0.25) is 9.59 Å². The number of fused-ring (bicyclic) bond motifs is 2. The molecule has 4 aliphatic heterocycles. The molecule has 0 bridgehead atoms. The lowest BCUT2D eigenvalue weighted by Gasteiger charge is -2.67. The second kappa shape index (κ2) is 9.91. The molecule has 46 heavy (non-hydrogen) atoms. The number of hydrogen-bond donors (Lipinski definition) is 1. The maximum atomic E-state index is 14.7. The summed E-state index contributed by atoms with van der Waals surface area (Å²) in [5, 5.41) is 12.3. The smallest absolute Gasteiger partial charge is 0.339 e. The van der Waals surface area contributed by atoms with Crippen LogP contribution in [-0.2, 0) is 39.8 Å². The first kappa shape index (κ1) is 31.1. The van der Waals surface area contributed by atoms with Gasteiger partial charge in [-0.15, -0.1) is 0 Å². The summed E-state index contributed by atoms with van der Waals surface area (Å²) in [6.45, 7) is 10.2. The number of epoxide rings is 1. The van der Waals surface area contributed by atoms with Gasteiger partial charge < -0.3 is 28.5 Å². The highest BCUT2D eigenvalue weighted by molar-refractivity contribution is 5.92. The molecule has 7 aliphatic rings. The van der Waals surface area contributed by atoms with Gasteiger partial charge in [0.05, 0.1) is 29.3 Å². The number of unbranched alkanes of at least 4 members (excludes halogenated alkanes) is 4. The lowest BCUT2D eigenvalue weighted by molar-refractivity contribution is -0.264. The maximum absolute atomic E-state index is 14.7. The third-order valence-electron chi connectivity index (χ3n) is 14.3. The molecule has 9 nitrogen and oxygen atoms in total. The van der Waals surface area contributed by atoms with Crippen molar-refractivity contribution in [3.8, 4) is 0 Å². The molecule has 0 radical (unpaired) electrons. The van der Waals surface area contributed by atoms with Gasteiger partial charge in [0.15, 0.2) is 11.9 Å². The van der Waals surface area contributed by atoms with E-state index in [0.29, 0.717) is 25.7 Å². The molecule has 3 spiro atoms. The van der Waals surface area contributed by atoms with Crippen molar-refractivity contribution in [1.82, 2.24) is 0 Å². The number of esters is 2. The van der Waals surface area contributed by atoms with Gasteiger partial charge in [0.25, 0.3) is 0 Å². The van der Waals surface area contributed by atoms with Crippen molar-refractivity contribution in [3.63, 3.8) is 0 Å². The number of Topliss-reactive ketones (excluding diaryl/α,β-unsaturated/α-hetero) is 1. The van der Waals surface area contributed by atoms with Crippen LogP contribution in [-0.4, -0.2) is 58.9 Å². The van der Waals surface area contributed by atoms with Crippen LogP contribution in [0.5, 0.6) is 0 Å². The van der Waals surface area contributed by atoms with E-state index in [2.05, 4.69) is 13.8 Å². The predicted molar refractivity (Wildman–Crippen MR) is 164 cm³/mol. The molecule has 252 valence electrons. The number of aryl methyl sites for hydroxylation is 1. The van der Waals surface area contributed by atoms with Crippen molar-refractivity contribution in [1.29, 1.82) is 0 Å². The number of furan rings is 1. The van der Waals surface area contributed by atoms with Crippen molar-refractivity contribution >= 4 is 17.7 Å². The predicted octanol–water partition coefficient (Wildman–Crippen LogP) is 5.79. The van der Waals surface area contributed by atoms with Crippen LogP contribution in [0.2, 0.25) is 0 Å². The summed E-state index contributed by atoms with van der Waals surface area (Å²) in [5.74, 6) is -1.09. The molecular weight excluding hydrogens is 588 g/mol. The van der Waals surface area contributed by atoms with Crippen molar-refractivity contribution in [3.05, 3.63) is 23.7 Å². The summed E-state index contributed by atoms with van der Waals surface area (Å²) in [5.41, 5.74) is -4.71. The summed E-state index contributed by atoms with van der Waals surface area (Å²) in [4.78, 5) is 42.2. The molecule has 1 aromatic heterocycles. The Morgan fingerprint density at radius 2 is 1.67 bits per heavy atom. The van der Waals surface area contributed by atoms with Crippen LogP contribution in [0.4, 0.5) is 0 Å². The minimum atomic E-state index is -1.38. The minimum Gasteiger partial charge on any atom is -0.469 e. The maximum Gasteiger partial charge on any atom is 0.339 e. The molecule has 7 fully saturated rings. The van der Waals surface area contributed by atoms with Crippen LogP contribution >= 0.6 is 0 Å². The Hall–Kier alpha value is -2.23. The summed E-state index contributed by atoms with van der Waals surface area (Å²) < 4.78 is 32.0. The molecule has 10 atom stereocenters. The number of ether oxygens (including phenoxy) is 4. The fourth-order valence-electron chi connectivity index (χ4n) is 12.5. The highest BCUT2D eigenvalue weighted by atomic mass is 16.7. The molecule has 5 heterocycles. The van der Waals surface area contributed by atoms with E-state index < -0.39 is 69.2 Å². The van der Waals surface area contributed by atoms with Crippen molar-refractivity contribution in [2.45, 2.75) is 147 Å². The quantitative estimate of drug-likeness (QED) is 0.224. The lowest BCUT2D eigenvalue weighted by atomic mass is 9.35. The van der Waals surface area contributed by atoms with E-state index >= 15 is 0 Å². The monoisotopic (exact) mass is 638 g/mol. The van der Waals surface area contributed by atoms with Crippen LogP contribution in [0.3, 0.4) is 0 Å². The van der Waals surface area contributed by atoms with E-state index in [0.717, 1.165) is 43.4 Å². The number of ketones is 1. The zero-order chi connectivity index (χ0) is 32.5. The molecule has 0 amide bonds. The van der Waals surface area contributed by atoms with E-state index in [9.17, 15) is 19.5 Å². The first-order valence-electron chi connectivity index (χ1n) is 17.9. The molecule has 1 N–H and O–H groups in total. The Morgan fingerprint density at radius 1 is 0.935 bits per heavy atom. The van der Waals surface area contributed by atoms with E-state index in [1.165, 1.54) is 19.3 Å². The fourth-order valence-corrected chi connectivity index (χ4v) is 12.5. The van der Waals surface area contributed by atoms with Crippen LogP contribution < -0.4 is 0 Å². The number of hydrogen-bond acceptors (Lipinski definition) is 9. The molecule has 8 rings (SSSR count). The topological polar surface area (TPSA) is 125 Å². The van der Waals surface area contributed by atoms with E-state index in [4.69, 9.17) is 23.4 Å². The van der Waals surface area contributed by atoms with Crippen LogP contribution in [0.1, 0.15) is 123 Å². The van der Waals surface area contributed by atoms with Crippen molar-refractivity contribution < 1.29 is 42.9 Å². The zero-order valence-electron chi connectivity index (χ0n) is 28.0. The molecule has 3 saturated carbocycles. The zero-order valence-corrected chi connectivity index (χ0v) is 28.0. The normalized spacial score (nSPS) is 46.1. The van der Waals surface area contributed by atoms with Crippen LogP contribution in [0.25, 0.3) is 0 Å². The van der Waals surface area contributed by atoms with Crippen LogP contribution in [0.15, 0.2) is 16.7 Å². The molecule has 1 aromatic rings. The molecule has 10 unspecified atom stereocenters. The fraction of sp³-hybridized carbons (Fsp3) is 0.811. The van der Waals surface area contributed by atoms with E-state index in [-0.39, 0.29) is 24.3 Å². The van der Waals surface area contributed by atoms with Crippen molar-refractivity contribution in [2.24, 2.45) is 33.5 Å². The molecular formula is C37H50O9. The Bertz CT molecular complexity index is 1460. The van der Waals surface area contributed by atoms with Gasteiger partial charge in [-0.25, -0.2) is 4.79 Å². The largest absolute Gasteiger partial charge is 0.469 e. The first-order valence-corrected chi connectivity index (χ1v) is 17.9. The van der Waals surface area contributed by atoms with E-state index in [1.54, 1.807) is 6.26 Å². The summed E-state index contributed by atoms with van der Waals surface area (Å²) in [7, 11) is 0. The highest BCUT2D eigenvalue weighted by Gasteiger charge is 2.91. The lowest BCUT2D eigenvalue weighted by Crippen LogP contribution is -2.77. The average molecular weight is 639 g/mol. The Kier molecular flexibility index (Phi) is 6.69. The minimum absolute atomic E-state index is 0.0698. The average Bonchev–Trinajstić information content (AvgIpc) is 3.27. The number of carbonyl (C=O) groups is 3. The molecule has 4 saturated heterocycles.